The van der Waals surface area contributed by atoms with Crippen molar-refractivity contribution in [2.75, 3.05) is 51.5 Å². The second-order valence-electron chi connectivity index (χ2n) is 8.30. The van der Waals surface area contributed by atoms with Gasteiger partial charge in [-0.3, -0.25) is 4.79 Å². The van der Waals surface area contributed by atoms with Gasteiger partial charge in [0.1, 0.15) is 10.7 Å². The molecular weight excluding hydrogens is 456 g/mol. The number of pyridine rings is 2. The zero-order valence-electron chi connectivity index (χ0n) is 19.5. The number of anilines is 1. The van der Waals surface area contributed by atoms with E-state index in [1.54, 1.807) is 25.3 Å². The molecule has 0 unspecified atom stereocenters. The fourth-order valence-electron chi connectivity index (χ4n) is 4.06. The Morgan fingerprint density at radius 3 is 2.71 bits per heavy atom. The number of hydrogen-bond donors (Lipinski definition) is 1. The molecule has 1 aliphatic rings. The molecule has 0 atom stereocenters. The normalized spacial score (nSPS) is 14.7. The molecule has 1 N–H and O–H groups in total. The molecule has 0 radical (unpaired) electrons. The number of ether oxygens (including phenoxy) is 2. The summed E-state index contributed by atoms with van der Waals surface area (Å²) in [4.78, 5) is 22.3. The van der Waals surface area contributed by atoms with Crippen LogP contribution in [0, 0.1) is 6.92 Å². The van der Waals surface area contributed by atoms with Gasteiger partial charge in [0, 0.05) is 51.7 Å². The highest BCUT2D eigenvalue weighted by Gasteiger charge is 2.26. The summed E-state index contributed by atoms with van der Waals surface area (Å²) >= 11 is 0. The van der Waals surface area contributed by atoms with Gasteiger partial charge in [-0.05, 0) is 42.5 Å². The number of methoxy groups -OCH3 is 1. The van der Waals surface area contributed by atoms with Crippen LogP contribution < -0.4 is 10.5 Å². The lowest BCUT2D eigenvalue weighted by atomic mass is 10.1. The maximum Gasteiger partial charge on any atom is 0.252 e. The monoisotopic (exact) mass is 486 g/mol. The molecule has 1 fully saturated rings. The van der Waals surface area contributed by atoms with Crippen molar-refractivity contribution in [1.82, 2.24) is 14.3 Å². The molecule has 3 heterocycles. The topological polar surface area (TPSA) is 105 Å². The van der Waals surface area contributed by atoms with Crippen LogP contribution in [0.1, 0.15) is 17.5 Å². The summed E-state index contributed by atoms with van der Waals surface area (Å²) in [5.41, 5.74) is 1.80. The van der Waals surface area contributed by atoms with Gasteiger partial charge in [0.05, 0.1) is 18.7 Å². The van der Waals surface area contributed by atoms with Gasteiger partial charge in [0.15, 0.2) is 0 Å². The molecular formula is C24H30N4O5S. The molecule has 34 heavy (non-hydrogen) atoms. The number of aromatic amines is 1. The standard InChI is InChI=1S/C24H30N4O5S/c1-18-5-3-6-19-15-20(24(29)26-23(18)19)17-28(9-4-12-32-2)34(30,31)21-7-8-22(25-16-21)27-10-13-33-14-11-27/h3,5-8,15-16H,4,9-14,17H2,1-2H3,(H,26,29). The Morgan fingerprint density at radius 2 is 2.00 bits per heavy atom. The predicted octanol–water partition coefficient (Wildman–Crippen LogP) is 2.30. The minimum Gasteiger partial charge on any atom is -0.385 e. The Kier molecular flexibility index (Phi) is 7.62. The Hall–Kier alpha value is -2.79. The van der Waals surface area contributed by atoms with Crippen LogP contribution >= 0.6 is 0 Å². The van der Waals surface area contributed by atoms with E-state index in [9.17, 15) is 13.2 Å². The SMILES string of the molecule is COCCCN(Cc1cc2cccc(C)c2[nH]c1=O)S(=O)(=O)c1ccc(N2CCOCC2)nc1. The van der Waals surface area contributed by atoms with Crippen LogP contribution in [0.3, 0.4) is 0 Å². The van der Waals surface area contributed by atoms with Crippen molar-refractivity contribution < 1.29 is 17.9 Å². The molecule has 0 amide bonds. The molecule has 1 saturated heterocycles. The number of para-hydroxylation sites is 1. The minimum atomic E-state index is -3.89. The summed E-state index contributed by atoms with van der Waals surface area (Å²) in [5, 5.41) is 0.861. The van der Waals surface area contributed by atoms with Crippen molar-refractivity contribution in [3.8, 4) is 0 Å². The molecule has 182 valence electrons. The average molecular weight is 487 g/mol. The molecule has 1 aromatic carbocycles. The van der Waals surface area contributed by atoms with E-state index in [1.807, 2.05) is 25.1 Å². The van der Waals surface area contributed by atoms with Gasteiger partial charge in [-0.25, -0.2) is 13.4 Å². The van der Waals surface area contributed by atoms with Crippen molar-refractivity contribution in [3.05, 3.63) is 64.1 Å². The van der Waals surface area contributed by atoms with E-state index in [0.29, 0.717) is 44.9 Å². The first-order valence-corrected chi connectivity index (χ1v) is 12.7. The van der Waals surface area contributed by atoms with E-state index in [4.69, 9.17) is 9.47 Å². The molecule has 2 aromatic heterocycles. The minimum absolute atomic E-state index is 0.0452. The van der Waals surface area contributed by atoms with E-state index >= 15 is 0 Å². The number of nitrogens with one attached hydrogen (secondary N) is 1. The molecule has 3 aromatic rings. The summed E-state index contributed by atoms with van der Waals surface area (Å²) in [5.74, 6) is 0.717. The van der Waals surface area contributed by atoms with E-state index in [1.165, 1.54) is 10.5 Å². The van der Waals surface area contributed by atoms with Gasteiger partial charge in [-0.15, -0.1) is 0 Å². The molecule has 0 saturated carbocycles. The molecule has 0 spiro atoms. The van der Waals surface area contributed by atoms with Crippen molar-refractivity contribution in [3.63, 3.8) is 0 Å². The molecule has 4 rings (SSSR count). The first-order valence-electron chi connectivity index (χ1n) is 11.3. The predicted molar refractivity (Wildman–Crippen MR) is 131 cm³/mol. The summed E-state index contributed by atoms with van der Waals surface area (Å²) in [6.45, 7) is 5.17. The van der Waals surface area contributed by atoms with Gasteiger partial charge in [0.25, 0.3) is 5.56 Å². The highest BCUT2D eigenvalue weighted by Crippen LogP contribution is 2.22. The van der Waals surface area contributed by atoms with Gasteiger partial charge >= 0.3 is 0 Å². The molecule has 0 aliphatic carbocycles. The average Bonchev–Trinajstić information content (AvgIpc) is 2.85. The summed E-state index contributed by atoms with van der Waals surface area (Å²) in [6.07, 6.45) is 1.89. The number of fused-ring (bicyclic) bond motifs is 1. The second-order valence-corrected chi connectivity index (χ2v) is 10.2. The van der Waals surface area contributed by atoms with E-state index in [-0.39, 0.29) is 23.5 Å². The maximum atomic E-state index is 13.5. The van der Waals surface area contributed by atoms with Crippen LogP contribution in [-0.2, 0) is 26.0 Å². The van der Waals surface area contributed by atoms with Crippen molar-refractivity contribution in [2.45, 2.75) is 24.8 Å². The number of morpholine rings is 1. The first-order chi connectivity index (χ1) is 16.4. The smallest absolute Gasteiger partial charge is 0.252 e. The number of nitrogens with zero attached hydrogens (tertiary/aromatic N) is 3. The fourth-order valence-corrected chi connectivity index (χ4v) is 5.46. The third-order valence-corrected chi connectivity index (χ3v) is 7.79. The quantitative estimate of drug-likeness (QED) is 0.463. The van der Waals surface area contributed by atoms with Crippen molar-refractivity contribution in [1.29, 1.82) is 0 Å². The van der Waals surface area contributed by atoms with E-state index in [0.717, 1.165) is 22.3 Å². The van der Waals surface area contributed by atoms with Crippen LogP contribution in [0.25, 0.3) is 10.9 Å². The third kappa shape index (κ3) is 5.30. The van der Waals surface area contributed by atoms with Crippen LogP contribution in [0.15, 0.2) is 52.3 Å². The number of benzene rings is 1. The highest BCUT2D eigenvalue weighted by molar-refractivity contribution is 7.89. The van der Waals surface area contributed by atoms with Gasteiger partial charge in [-0.1, -0.05) is 18.2 Å². The van der Waals surface area contributed by atoms with Crippen LogP contribution in [0.5, 0.6) is 0 Å². The zero-order chi connectivity index (χ0) is 24.1. The van der Waals surface area contributed by atoms with Crippen molar-refractivity contribution in [2.24, 2.45) is 0 Å². The first kappa shape index (κ1) is 24.3. The molecule has 0 bridgehead atoms. The molecule has 1 aliphatic heterocycles. The second kappa shape index (κ2) is 10.6. The van der Waals surface area contributed by atoms with Gasteiger partial charge < -0.3 is 19.4 Å². The Bertz CT molecular complexity index is 1280. The highest BCUT2D eigenvalue weighted by atomic mass is 32.2. The van der Waals surface area contributed by atoms with Crippen LogP contribution in [0.2, 0.25) is 0 Å². The number of aryl methyl sites for hydroxylation is 1. The number of sulfonamides is 1. The summed E-state index contributed by atoms with van der Waals surface area (Å²) in [6, 6.07) is 10.8. The Balaban J connectivity index is 1.63. The van der Waals surface area contributed by atoms with E-state index in [2.05, 4.69) is 14.9 Å². The Morgan fingerprint density at radius 1 is 1.21 bits per heavy atom. The fraction of sp³-hybridized carbons (Fsp3) is 0.417. The van der Waals surface area contributed by atoms with Crippen LogP contribution in [0.4, 0.5) is 5.82 Å². The van der Waals surface area contributed by atoms with Crippen LogP contribution in [-0.4, -0.2) is 69.3 Å². The number of rotatable bonds is 9. The van der Waals surface area contributed by atoms with Gasteiger partial charge in [0.2, 0.25) is 10.0 Å². The lowest BCUT2D eigenvalue weighted by Crippen LogP contribution is -2.37. The zero-order valence-corrected chi connectivity index (χ0v) is 20.3. The molecule has 10 heteroatoms. The summed E-state index contributed by atoms with van der Waals surface area (Å²) < 4.78 is 38.9. The van der Waals surface area contributed by atoms with Gasteiger partial charge in [-0.2, -0.15) is 4.31 Å². The largest absolute Gasteiger partial charge is 0.385 e. The van der Waals surface area contributed by atoms with E-state index < -0.39 is 10.0 Å². The third-order valence-electron chi connectivity index (χ3n) is 5.96. The molecule has 9 nitrogen and oxygen atoms in total. The lowest BCUT2D eigenvalue weighted by Gasteiger charge is -2.28. The number of aromatic nitrogens is 2. The van der Waals surface area contributed by atoms with Crippen molar-refractivity contribution >= 4 is 26.7 Å². The lowest BCUT2D eigenvalue weighted by molar-refractivity contribution is 0.122. The summed E-state index contributed by atoms with van der Waals surface area (Å²) in [7, 11) is -2.31. The Labute approximate surface area is 199 Å². The maximum absolute atomic E-state index is 13.5. The number of hydrogen-bond acceptors (Lipinski definition) is 7. The number of H-pyrrole nitrogens is 1.